The zero-order chi connectivity index (χ0) is 24.2. The molecule has 5 rings (SSSR count). The van der Waals surface area contributed by atoms with Gasteiger partial charge in [-0.15, -0.1) is 0 Å². The Labute approximate surface area is 208 Å². The Morgan fingerprint density at radius 1 is 0.943 bits per heavy atom. The highest BCUT2D eigenvalue weighted by molar-refractivity contribution is 5.96. The fourth-order valence-corrected chi connectivity index (χ4v) is 5.37. The minimum atomic E-state index is -0.0672. The summed E-state index contributed by atoms with van der Waals surface area (Å²) >= 11 is 0. The normalized spacial score (nSPS) is 18.6. The van der Waals surface area contributed by atoms with Crippen molar-refractivity contribution in [2.24, 2.45) is 0 Å². The number of anilines is 1. The predicted octanol–water partition coefficient (Wildman–Crippen LogP) is 5.17. The van der Waals surface area contributed by atoms with Crippen LogP contribution in [0.15, 0.2) is 60.8 Å². The van der Waals surface area contributed by atoms with Crippen molar-refractivity contribution >= 4 is 11.9 Å². The summed E-state index contributed by atoms with van der Waals surface area (Å²) in [5.74, 6) is 0.786. The SMILES string of the molecule is CN(C)c1ncc(-c2ccccc2)c([C@H]2CCCN2C(=O)c2ccccc2CN2CCCCC2)n1. The summed E-state index contributed by atoms with van der Waals surface area (Å²) in [4.78, 5) is 30.1. The van der Waals surface area contributed by atoms with Crippen molar-refractivity contribution in [3.05, 3.63) is 77.6 Å². The summed E-state index contributed by atoms with van der Waals surface area (Å²) in [5.41, 5.74) is 4.98. The van der Waals surface area contributed by atoms with E-state index in [9.17, 15) is 4.79 Å². The summed E-state index contributed by atoms with van der Waals surface area (Å²) in [7, 11) is 3.91. The lowest BCUT2D eigenvalue weighted by molar-refractivity contribution is 0.0730. The van der Waals surface area contributed by atoms with Crippen molar-refractivity contribution in [1.82, 2.24) is 19.8 Å². The lowest BCUT2D eigenvalue weighted by Gasteiger charge is -2.29. The average molecular weight is 470 g/mol. The van der Waals surface area contributed by atoms with Gasteiger partial charge in [-0.25, -0.2) is 9.97 Å². The first-order valence-corrected chi connectivity index (χ1v) is 12.8. The van der Waals surface area contributed by atoms with Crippen LogP contribution in [0, 0.1) is 0 Å². The van der Waals surface area contributed by atoms with Gasteiger partial charge in [0, 0.05) is 44.5 Å². The Morgan fingerprint density at radius 2 is 1.69 bits per heavy atom. The largest absolute Gasteiger partial charge is 0.347 e. The zero-order valence-electron chi connectivity index (χ0n) is 20.9. The third-order valence-corrected chi connectivity index (χ3v) is 7.21. The fourth-order valence-electron chi connectivity index (χ4n) is 5.37. The Hall–Kier alpha value is -3.25. The molecule has 0 aliphatic carbocycles. The van der Waals surface area contributed by atoms with Gasteiger partial charge in [-0.2, -0.15) is 0 Å². The molecule has 6 heteroatoms. The fraction of sp³-hybridized carbons (Fsp3) is 0.414. The van der Waals surface area contributed by atoms with Crippen molar-refractivity contribution in [3.63, 3.8) is 0 Å². The first kappa shape index (κ1) is 23.5. The maximum Gasteiger partial charge on any atom is 0.254 e. The molecule has 1 atom stereocenters. The number of amides is 1. The Balaban J connectivity index is 1.49. The van der Waals surface area contributed by atoms with Gasteiger partial charge in [0.05, 0.1) is 11.7 Å². The van der Waals surface area contributed by atoms with E-state index in [0.29, 0.717) is 5.95 Å². The summed E-state index contributed by atoms with van der Waals surface area (Å²) in [6, 6.07) is 18.4. The van der Waals surface area contributed by atoms with E-state index >= 15 is 0 Å². The second-order valence-electron chi connectivity index (χ2n) is 9.88. The van der Waals surface area contributed by atoms with Crippen molar-refractivity contribution in [2.45, 2.75) is 44.7 Å². The number of hydrogen-bond acceptors (Lipinski definition) is 5. The minimum absolute atomic E-state index is 0.0672. The first-order valence-electron chi connectivity index (χ1n) is 12.8. The third-order valence-electron chi connectivity index (χ3n) is 7.21. The first-order chi connectivity index (χ1) is 17.1. The molecule has 35 heavy (non-hydrogen) atoms. The molecule has 1 amide bonds. The van der Waals surface area contributed by atoms with Gasteiger partial charge < -0.3 is 9.80 Å². The molecule has 2 aromatic carbocycles. The molecule has 0 radical (unpaired) electrons. The number of piperidine rings is 1. The van der Waals surface area contributed by atoms with Crippen molar-refractivity contribution in [1.29, 1.82) is 0 Å². The summed E-state index contributed by atoms with van der Waals surface area (Å²) in [6.07, 6.45) is 7.59. The number of carbonyl (C=O) groups excluding carboxylic acids is 1. The van der Waals surface area contributed by atoms with E-state index in [-0.39, 0.29) is 11.9 Å². The smallest absolute Gasteiger partial charge is 0.254 e. The van der Waals surface area contributed by atoms with Gasteiger partial charge in [0.25, 0.3) is 5.91 Å². The molecule has 3 aromatic rings. The van der Waals surface area contributed by atoms with Gasteiger partial charge in [-0.05, 0) is 56.0 Å². The number of aromatic nitrogens is 2. The van der Waals surface area contributed by atoms with E-state index in [2.05, 4.69) is 34.1 Å². The van der Waals surface area contributed by atoms with E-state index in [0.717, 1.165) is 67.0 Å². The van der Waals surface area contributed by atoms with Crippen molar-refractivity contribution in [2.75, 3.05) is 38.6 Å². The zero-order valence-corrected chi connectivity index (χ0v) is 20.9. The molecule has 182 valence electrons. The molecule has 2 aliphatic heterocycles. The number of hydrogen-bond donors (Lipinski definition) is 0. The second kappa shape index (κ2) is 10.6. The topological polar surface area (TPSA) is 52.6 Å². The highest BCUT2D eigenvalue weighted by Gasteiger charge is 2.34. The highest BCUT2D eigenvalue weighted by atomic mass is 16.2. The van der Waals surface area contributed by atoms with E-state index in [1.54, 1.807) is 0 Å². The molecule has 0 bridgehead atoms. The van der Waals surface area contributed by atoms with Crippen molar-refractivity contribution in [3.8, 4) is 11.1 Å². The molecule has 0 spiro atoms. The summed E-state index contributed by atoms with van der Waals surface area (Å²) in [6.45, 7) is 3.82. The van der Waals surface area contributed by atoms with Gasteiger partial charge in [0.2, 0.25) is 5.95 Å². The number of nitrogens with zero attached hydrogens (tertiary/aromatic N) is 5. The third kappa shape index (κ3) is 5.08. The van der Waals surface area contributed by atoms with Crippen LogP contribution in [0.25, 0.3) is 11.1 Å². The molecular formula is C29H35N5O. The van der Waals surface area contributed by atoms with Gasteiger partial charge in [0.1, 0.15) is 0 Å². The molecule has 1 aromatic heterocycles. The van der Waals surface area contributed by atoms with Crippen LogP contribution in [0.4, 0.5) is 5.95 Å². The van der Waals surface area contributed by atoms with Crippen LogP contribution in [0.2, 0.25) is 0 Å². The quantitative estimate of drug-likeness (QED) is 0.498. The number of benzene rings is 2. The highest BCUT2D eigenvalue weighted by Crippen LogP contribution is 2.38. The predicted molar refractivity (Wildman–Crippen MR) is 140 cm³/mol. The number of carbonyl (C=O) groups is 1. The molecule has 2 saturated heterocycles. The second-order valence-corrected chi connectivity index (χ2v) is 9.88. The van der Waals surface area contributed by atoms with Gasteiger partial charge in [0.15, 0.2) is 0 Å². The van der Waals surface area contributed by atoms with Gasteiger partial charge in [-0.1, -0.05) is 55.0 Å². The van der Waals surface area contributed by atoms with E-state index in [4.69, 9.17) is 4.98 Å². The number of likely N-dealkylation sites (tertiary alicyclic amines) is 2. The molecule has 6 nitrogen and oxygen atoms in total. The molecule has 0 unspecified atom stereocenters. The maximum absolute atomic E-state index is 14.0. The van der Waals surface area contributed by atoms with Crippen LogP contribution in [-0.4, -0.2) is 59.4 Å². The molecule has 2 fully saturated rings. The lowest BCUT2D eigenvalue weighted by atomic mass is 9.99. The molecule has 2 aliphatic rings. The molecule has 0 saturated carbocycles. The van der Waals surface area contributed by atoms with Crippen LogP contribution in [0.1, 0.15) is 59.8 Å². The van der Waals surface area contributed by atoms with E-state index in [1.807, 2.05) is 60.4 Å². The monoisotopic (exact) mass is 469 g/mol. The molecule has 0 N–H and O–H groups in total. The van der Waals surface area contributed by atoms with Crippen molar-refractivity contribution < 1.29 is 4.79 Å². The van der Waals surface area contributed by atoms with E-state index in [1.165, 1.54) is 19.3 Å². The maximum atomic E-state index is 14.0. The lowest BCUT2D eigenvalue weighted by Crippen LogP contribution is -2.34. The Bertz CT molecular complexity index is 1160. The number of rotatable bonds is 6. The van der Waals surface area contributed by atoms with Gasteiger partial charge >= 0.3 is 0 Å². The van der Waals surface area contributed by atoms with Crippen LogP contribution < -0.4 is 4.90 Å². The summed E-state index contributed by atoms with van der Waals surface area (Å²) < 4.78 is 0. The molecular weight excluding hydrogens is 434 g/mol. The van der Waals surface area contributed by atoms with E-state index < -0.39 is 0 Å². The van der Waals surface area contributed by atoms with Crippen LogP contribution in [0.3, 0.4) is 0 Å². The van der Waals surface area contributed by atoms with Crippen LogP contribution in [0.5, 0.6) is 0 Å². The van der Waals surface area contributed by atoms with Crippen LogP contribution >= 0.6 is 0 Å². The van der Waals surface area contributed by atoms with Gasteiger partial charge in [-0.3, -0.25) is 9.69 Å². The minimum Gasteiger partial charge on any atom is -0.347 e. The Kier molecular flexibility index (Phi) is 7.09. The molecule has 3 heterocycles. The Morgan fingerprint density at radius 3 is 2.46 bits per heavy atom. The standard InChI is InChI=1S/C29H35N5O/c1-32(2)29-30-20-25(22-12-5-3-6-13-22)27(31-29)26-16-11-19-34(26)28(35)24-15-8-7-14-23(24)21-33-17-9-4-10-18-33/h3,5-8,12-15,20,26H,4,9-11,16-19,21H2,1-2H3/t26-/m1/s1. The van der Waals surface area contributed by atoms with Crippen LogP contribution in [-0.2, 0) is 6.54 Å². The summed E-state index contributed by atoms with van der Waals surface area (Å²) in [5, 5.41) is 0. The average Bonchev–Trinajstić information content (AvgIpc) is 3.39.